The number of imidazole rings is 1. The van der Waals surface area contributed by atoms with Crippen molar-refractivity contribution in [3.05, 3.63) is 63.0 Å². The third-order valence-electron chi connectivity index (χ3n) is 3.78. The third kappa shape index (κ3) is 4.05. The molecule has 7 heteroatoms. The van der Waals surface area contributed by atoms with Gasteiger partial charge in [0.15, 0.2) is 17.3 Å². The number of aromatic amines is 2. The van der Waals surface area contributed by atoms with Crippen LogP contribution in [0, 0.1) is 12.3 Å². The molecule has 0 unspecified atom stereocenters. The van der Waals surface area contributed by atoms with E-state index in [0.29, 0.717) is 38.7 Å². The summed E-state index contributed by atoms with van der Waals surface area (Å²) in [6, 6.07) is 8.26. The number of fused-ring (bicyclic) bond motifs is 1. The van der Waals surface area contributed by atoms with Gasteiger partial charge >= 0.3 is 5.69 Å². The lowest BCUT2D eigenvalue weighted by Crippen LogP contribution is -1.99. The van der Waals surface area contributed by atoms with Crippen molar-refractivity contribution in [1.82, 2.24) is 9.97 Å². The number of halogens is 1. The first kappa shape index (κ1) is 18.4. The minimum Gasteiger partial charge on any atom is -0.493 e. The Morgan fingerprint density at radius 2 is 2.04 bits per heavy atom. The molecule has 2 N–H and O–H groups in total. The van der Waals surface area contributed by atoms with Crippen LogP contribution in [0.1, 0.15) is 15.9 Å². The number of rotatable bonds is 6. The highest BCUT2D eigenvalue weighted by Gasteiger charge is 2.11. The largest absolute Gasteiger partial charge is 0.493 e. The third-order valence-corrected chi connectivity index (χ3v) is 4.06. The number of hydrogen-bond acceptors (Lipinski definition) is 4. The van der Waals surface area contributed by atoms with E-state index < -0.39 is 0 Å². The molecule has 0 atom stereocenters. The summed E-state index contributed by atoms with van der Waals surface area (Å²) < 4.78 is 10.7. The first-order valence-corrected chi connectivity index (χ1v) is 8.28. The zero-order valence-corrected chi connectivity index (χ0v) is 15.1. The van der Waals surface area contributed by atoms with Crippen molar-refractivity contribution in [1.29, 1.82) is 0 Å². The van der Waals surface area contributed by atoms with Gasteiger partial charge in [0.25, 0.3) is 0 Å². The number of carbonyl (C=O) groups is 1. The lowest BCUT2D eigenvalue weighted by atomic mass is 10.1. The van der Waals surface area contributed by atoms with Crippen molar-refractivity contribution < 1.29 is 14.3 Å². The van der Waals surface area contributed by atoms with E-state index in [9.17, 15) is 9.59 Å². The zero-order chi connectivity index (χ0) is 19.4. The highest BCUT2D eigenvalue weighted by Crippen LogP contribution is 2.36. The predicted octanol–water partition coefficient (Wildman–Crippen LogP) is 3.43. The van der Waals surface area contributed by atoms with Crippen LogP contribution in [0.25, 0.3) is 17.1 Å². The summed E-state index contributed by atoms with van der Waals surface area (Å²) in [6.07, 6.45) is 8.22. The Kier molecular flexibility index (Phi) is 5.34. The Balaban J connectivity index is 1.85. The second-order valence-corrected chi connectivity index (χ2v) is 5.97. The summed E-state index contributed by atoms with van der Waals surface area (Å²) in [4.78, 5) is 29.0. The Labute approximate surface area is 159 Å². The van der Waals surface area contributed by atoms with Gasteiger partial charge in [-0.05, 0) is 42.0 Å². The van der Waals surface area contributed by atoms with Gasteiger partial charge in [-0.25, -0.2) is 4.79 Å². The van der Waals surface area contributed by atoms with Gasteiger partial charge in [0.2, 0.25) is 0 Å². The number of hydrogen-bond donors (Lipinski definition) is 2. The van der Waals surface area contributed by atoms with Crippen molar-refractivity contribution in [2.24, 2.45) is 0 Å². The summed E-state index contributed by atoms with van der Waals surface area (Å²) in [7, 11) is 1.49. The number of nitrogens with one attached hydrogen (secondary N) is 2. The maximum atomic E-state index is 12.4. The Hall–Kier alpha value is -3.43. The molecule has 0 aliphatic heterocycles. The number of allylic oxidation sites excluding steroid dienone is 1. The molecule has 0 saturated carbocycles. The molecule has 0 aliphatic carbocycles. The van der Waals surface area contributed by atoms with Crippen molar-refractivity contribution in [2.75, 3.05) is 13.7 Å². The van der Waals surface area contributed by atoms with Crippen molar-refractivity contribution in [3.8, 4) is 23.8 Å². The van der Waals surface area contributed by atoms with Gasteiger partial charge < -0.3 is 19.4 Å². The molecule has 3 rings (SSSR count). The first-order valence-electron chi connectivity index (χ1n) is 7.90. The highest BCUT2D eigenvalue weighted by atomic mass is 35.5. The van der Waals surface area contributed by atoms with Gasteiger partial charge in [0.05, 0.1) is 23.2 Å². The maximum Gasteiger partial charge on any atom is 0.323 e. The maximum absolute atomic E-state index is 12.4. The molecular formula is C20H15ClN2O4. The number of methoxy groups -OCH3 is 1. The molecule has 27 heavy (non-hydrogen) atoms. The highest BCUT2D eigenvalue weighted by molar-refractivity contribution is 6.32. The van der Waals surface area contributed by atoms with E-state index >= 15 is 0 Å². The number of H-pyrrole nitrogens is 2. The van der Waals surface area contributed by atoms with E-state index in [0.717, 1.165) is 0 Å². The monoisotopic (exact) mass is 382 g/mol. The molecule has 0 aliphatic rings. The Bertz CT molecular complexity index is 1140. The molecule has 6 nitrogen and oxygen atoms in total. The van der Waals surface area contributed by atoms with Crippen LogP contribution in [0.5, 0.6) is 11.5 Å². The second-order valence-electron chi connectivity index (χ2n) is 5.56. The van der Waals surface area contributed by atoms with E-state index in [4.69, 9.17) is 27.5 Å². The number of terminal acetylenes is 1. The number of ketones is 1. The van der Waals surface area contributed by atoms with Crippen LogP contribution in [-0.4, -0.2) is 29.5 Å². The smallest absolute Gasteiger partial charge is 0.323 e. The molecule has 0 saturated heterocycles. The van der Waals surface area contributed by atoms with Gasteiger partial charge in [0.1, 0.15) is 6.61 Å². The molecule has 0 radical (unpaired) electrons. The van der Waals surface area contributed by atoms with Crippen molar-refractivity contribution in [3.63, 3.8) is 0 Å². The molecule has 2 aromatic carbocycles. The minimum absolute atomic E-state index is 0.0630. The van der Waals surface area contributed by atoms with Gasteiger partial charge in [-0.15, -0.1) is 6.42 Å². The van der Waals surface area contributed by atoms with E-state index in [-0.39, 0.29) is 18.1 Å². The summed E-state index contributed by atoms with van der Waals surface area (Å²) in [5.74, 6) is 2.90. The number of aromatic nitrogens is 2. The van der Waals surface area contributed by atoms with Crippen LogP contribution in [0.2, 0.25) is 5.02 Å². The van der Waals surface area contributed by atoms with Crippen LogP contribution >= 0.6 is 11.6 Å². The summed E-state index contributed by atoms with van der Waals surface area (Å²) in [5.41, 5.74) is 1.99. The van der Waals surface area contributed by atoms with Crippen LogP contribution in [0.3, 0.4) is 0 Å². The fourth-order valence-corrected chi connectivity index (χ4v) is 2.82. The number of benzene rings is 2. The summed E-state index contributed by atoms with van der Waals surface area (Å²) in [5, 5.41) is 0.322. The molecule has 0 fully saturated rings. The zero-order valence-electron chi connectivity index (χ0n) is 14.3. The summed E-state index contributed by atoms with van der Waals surface area (Å²) in [6.45, 7) is 0.0630. The fourth-order valence-electron chi connectivity index (χ4n) is 2.54. The van der Waals surface area contributed by atoms with Crippen LogP contribution in [-0.2, 0) is 0 Å². The van der Waals surface area contributed by atoms with Crippen LogP contribution in [0.4, 0.5) is 0 Å². The van der Waals surface area contributed by atoms with Gasteiger partial charge in [-0.2, -0.15) is 0 Å². The van der Waals surface area contributed by atoms with Crippen molar-refractivity contribution >= 4 is 34.5 Å². The van der Waals surface area contributed by atoms with E-state index in [2.05, 4.69) is 15.9 Å². The molecule has 1 heterocycles. The molecular weight excluding hydrogens is 368 g/mol. The Morgan fingerprint density at radius 3 is 2.78 bits per heavy atom. The van der Waals surface area contributed by atoms with Gasteiger partial charge in [-0.1, -0.05) is 23.6 Å². The summed E-state index contributed by atoms with van der Waals surface area (Å²) >= 11 is 6.22. The van der Waals surface area contributed by atoms with Gasteiger partial charge in [-0.3, -0.25) is 4.79 Å². The average Bonchev–Trinajstić information content (AvgIpc) is 3.03. The van der Waals surface area contributed by atoms with Crippen molar-refractivity contribution in [2.45, 2.75) is 0 Å². The lowest BCUT2D eigenvalue weighted by Gasteiger charge is -2.11. The molecule has 136 valence electrons. The molecule has 3 aromatic rings. The van der Waals surface area contributed by atoms with Crippen LogP contribution < -0.4 is 15.2 Å². The second kappa shape index (κ2) is 7.85. The first-order chi connectivity index (χ1) is 13.0. The van der Waals surface area contributed by atoms with E-state index in [1.165, 1.54) is 13.2 Å². The topological polar surface area (TPSA) is 84.2 Å². The predicted molar refractivity (Wildman–Crippen MR) is 105 cm³/mol. The molecule has 1 aromatic heterocycles. The lowest BCUT2D eigenvalue weighted by molar-refractivity contribution is 0.104. The molecule has 0 spiro atoms. The fraction of sp³-hybridized carbons (Fsp3) is 0.100. The average molecular weight is 383 g/mol. The SMILES string of the molecule is C#CCOc1c(Cl)cc(C=CC(=O)c2ccc3[nH]c(=O)[nH]c3c2)cc1OC. The number of carbonyl (C=O) groups excluding carboxylic acids is 1. The Morgan fingerprint density at radius 1 is 1.26 bits per heavy atom. The minimum atomic E-state index is -0.320. The van der Waals surface area contributed by atoms with E-state index in [1.54, 1.807) is 36.4 Å². The number of ether oxygens (including phenoxy) is 2. The van der Waals surface area contributed by atoms with E-state index in [1.807, 2.05) is 0 Å². The van der Waals surface area contributed by atoms with Crippen LogP contribution in [0.15, 0.2) is 41.2 Å². The quantitative estimate of drug-likeness (QED) is 0.388. The molecule has 0 amide bonds. The van der Waals surface area contributed by atoms with Gasteiger partial charge in [0, 0.05) is 5.56 Å². The normalized spacial score (nSPS) is 10.9. The standard InChI is InChI=1S/C20H15ClN2O4/c1-3-8-27-19-14(21)9-12(10-18(19)26-2)4-7-17(24)13-5-6-15-16(11-13)23-20(25)22-15/h1,4-7,9-11H,8H2,2H3,(H2,22,23,25). The molecule has 0 bridgehead atoms.